The van der Waals surface area contributed by atoms with E-state index < -0.39 is 0 Å². The van der Waals surface area contributed by atoms with Gasteiger partial charge >= 0.3 is 5.97 Å². The lowest BCUT2D eigenvalue weighted by Gasteiger charge is -2.33. The second-order valence-electron chi connectivity index (χ2n) is 8.05. The molecule has 0 atom stereocenters. The van der Waals surface area contributed by atoms with Gasteiger partial charge in [-0.25, -0.2) is 4.79 Å². The maximum absolute atomic E-state index is 13.1. The molecule has 0 spiro atoms. The highest BCUT2D eigenvalue weighted by Gasteiger charge is 2.26. The molecule has 170 valence electrons. The monoisotopic (exact) mass is 462 g/mol. The number of esters is 1. The summed E-state index contributed by atoms with van der Waals surface area (Å²) in [4.78, 5) is 27.2. The van der Waals surface area contributed by atoms with Crippen molar-refractivity contribution in [2.24, 2.45) is 5.92 Å². The van der Waals surface area contributed by atoms with Gasteiger partial charge < -0.3 is 15.0 Å². The molecule has 33 heavy (non-hydrogen) atoms. The molecular formula is C27H27ClN2O3. The molecule has 3 aromatic carbocycles. The number of halogens is 1. The van der Waals surface area contributed by atoms with Crippen molar-refractivity contribution in [1.29, 1.82) is 0 Å². The van der Waals surface area contributed by atoms with Gasteiger partial charge in [-0.1, -0.05) is 54.1 Å². The first-order chi connectivity index (χ1) is 16.1. The molecule has 0 aliphatic carbocycles. The van der Waals surface area contributed by atoms with E-state index in [1.165, 1.54) is 0 Å². The highest BCUT2D eigenvalue weighted by atomic mass is 35.5. The Kier molecular flexibility index (Phi) is 7.30. The number of amides is 1. The molecule has 3 aromatic rings. The van der Waals surface area contributed by atoms with Gasteiger partial charge in [-0.3, -0.25) is 4.79 Å². The average molecular weight is 463 g/mol. The van der Waals surface area contributed by atoms with Crippen LogP contribution in [0.3, 0.4) is 0 Å². The van der Waals surface area contributed by atoms with Crippen LogP contribution >= 0.6 is 11.6 Å². The lowest BCUT2D eigenvalue weighted by molar-refractivity contribution is -0.120. The Labute approximate surface area is 199 Å². The number of nitrogens with zero attached hydrogens (tertiary/aromatic N) is 1. The molecule has 1 aliphatic heterocycles. The van der Waals surface area contributed by atoms with Gasteiger partial charge in [0.2, 0.25) is 5.91 Å². The van der Waals surface area contributed by atoms with Crippen LogP contribution in [0.4, 0.5) is 11.4 Å². The fourth-order valence-electron chi connectivity index (χ4n) is 4.16. The standard InChI is InChI=1S/C27H27ClN2O3/c1-2-33-27(32)21-11-13-22(14-12-21)30-17-15-20(16-18-30)26(31)29-25-23(9-6-10-24(25)28)19-7-4-3-5-8-19/h3-14,20H,2,15-18H2,1H3,(H,29,31). The van der Waals surface area contributed by atoms with E-state index >= 15 is 0 Å². The molecule has 5 nitrogen and oxygen atoms in total. The molecule has 0 unspecified atom stereocenters. The van der Waals surface area contributed by atoms with Crippen molar-refractivity contribution in [1.82, 2.24) is 0 Å². The summed E-state index contributed by atoms with van der Waals surface area (Å²) < 4.78 is 5.04. The molecule has 1 aliphatic rings. The highest BCUT2D eigenvalue weighted by molar-refractivity contribution is 6.34. The van der Waals surface area contributed by atoms with Crippen LogP contribution in [0.1, 0.15) is 30.1 Å². The molecular weight excluding hydrogens is 436 g/mol. The Morgan fingerprint density at radius 2 is 1.67 bits per heavy atom. The van der Waals surface area contributed by atoms with Crippen LogP contribution in [0, 0.1) is 5.92 Å². The number of rotatable bonds is 6. The number of carbonyl (C=O) groups is 2. The smallest absolute Gasteiger partial charge is 0.338 e. The topological polar surface area (TPSA) is 58.6 Å². The quantitative estimate of drug-likeness (QED) is 0.454. The number of piperidine rings is 1. The maximum atomic E-state index is 13.1. The average Bonchev–Trinajstić information content (AvgIpc) is 2.86. The van der Waals surface area contributed by atoms with Crippen LogP contribution in [-0.2, 0) is 9.53 Å². The third-order valence-corrected chi connectivity index (χ3v) is 6.27. The molecule has 6 heteroatoms. The molecule has 1 N–H and O–H groups in total. The summed E-state index contributed by atoms with van der Waals surface area (Å²) in [5.74, 6) is -0.397. The van der Waals surface area contributed by atoms with E-state index in [0.29, 0.717) is 22.9 Å². The zero-order valence-electron chi connectivity index (χ0n) is 18.6. The van der Waals surface area contributed by atoms with E-state index in [4.69, 9.17) is 16.3 Å². The minimum absolute atomic E-state index is 0.00223. The zero-order valence-corrected chi connectivity index (χ0v) is 19.3. The van der Waals surface area contributed by atoms with Gasteiger partial charge in [-0.15, -0.1) is 0 Å². The number of benzene rings is 3. The van der Waals surface area contributed by atoms with Crippen LogP contribution in [0.2, 0.25) is 5.02 Å². The van der Waals surface area contributed by atoms with Gasteiger partial charge in [-0.2, -0.15) is 0 Å². The van der Waals surface area contributed by atoms with Gasteiger partial charge in [0.05, 0.1) is 22.9 Å². The summed E-state index contributed by atoms with van der Waals surface area (Å²) in [6.45, 7) is 3.69. The third-order valence-electron chi connectivity index (χ3n) is 5.96. The number of anilines is 2. The van der Waals surface area contributed by atoms with Crippen molar-refractivity contribution >= 4 is 34.9 Å². The summed E-state index contributed by atoms with van der Waals surface area (Å²) in [7, 11) is 0. The fourth-order valence-corrected chi connectivity index (χ4v) is 4.38. The minimum atomic E-state index is -0.311. The molecule has 0 bridgehead atoms. The number of carbonyl (C=O) groups excluding carboxylic acids is 2. The van der Waals surface area contributed by atoms with Crippen LogP contribution in [0.25, 0.3) is 11.1 Å². The number of nitrogens with one attached hydrogen (secondary N) is 1. The summed E-state index contributed by atoms with van der Waals surface area (Å²) in [5.41, 5.74) is 4.17. The molecule has 0 radical (unpaired) electrons. The van der Waals surface area contributed by atoms with E-state index in [-0.39, 0.29) is 17.8 Å². The molecule has 1 saturated heterocycles. The predicted octanol–water partition coefficient (Wildman–Crippen LogP) is 6.04. The van der Waals surface area contributed by atoms with Crippen molar-refractivity contribution in [3.05, 3.63) is 83.4 Å². The lowest BCUT2D eigenvalue weighted by Crippen LogP contribution is -2.38. The second kappa shape index (κ2) is 10.5. The Morgan fingerprint density at radius 1 is 0.970 bits per heavy atom. The molecule has 1 heterocycles. The molecule has 0 aromatic heterocycles. The molecule has 4 rings (SSSR count). The molecule has 0 saturated carbocycles. The summed E-state index contributed by atoms with van der Waals surface area (Å²) in [6.07, 6.45) is 1.49. The number of hydrogen-bond acceptors (Lipinski definition) is 4. The van der Waals surface area contributed by atoms with Crippen LogP contribution in [0.15, 0.2) is 72.8 Å². The maximum Gasteiger partial charge on any atom is 0.338 e. The van der Waals surface area contributed by atoms with E-state index in [1.54, 1.807) is 25.1 Å². The van der Waals surface area contributed by atoms with E-state index in [1.807, 2.05) is 54.6 Å². The van der Waals surface area contributed by atoms with Crippen LogP contribution < -0.4 is 10.2 Å². The van der Waals surface area contributed by atoms with Crippen molar-refractivity contribution in [3.8, 4) is 11.1 Å². The van der Waals surface area contributed by atoms with Crippen molar-refractivity contribution in [3.63, 3.8) is 0 Å². The molecule has 1 amide bonds. The Balaban J connectivity index is 1.39. The van der Waals surface area contributed by atoms with Crippen molar-refractivity contribution < 1.29 is 14.3 Å². The highest BCUT2D eigenvalue weighted by Crippen LogP contribution is 2.35. The largest absolute Gasteiger partial charge is 0.462 e. The first kappa shape index (κ1) is 22.9. The first-order valence-corrected chi connectivity index (χ1v) is 11.6. The third kappa shape index (κ3) is 5.37. The Morgan fingerprint density at radius 3 is 2.33 bits per heavy atom. The summed E-state index contributed by atoms with van der Waals surface area (Å²) >= 11 is 6.46. The van der Waals surface area contributed by atoms with Gasteiger partial charge in [0.25, 0.3) is 0 Å². The number of ether oxygens (including phenoxy) is 1. The Hall–Kier alpha value is -3.31. The van der Waals surface area contributed by atoms with Crippen molar-refractivity contribution in [2.75, 3.05) is 29.9 Å². The van der Waals surface area contributed by atoms with E-state index in [0.717, 1.165) is 42.7 Å². The van der Waals surface area contributed by atoms with Crippen molar-refractivity contribution in [2.45, 2.75) is 19.8 Å². The predicted molar refractivity (Wildman–Crippen MR) is 133 cm³/mol. The van der Waals surface area contributed by atoms with Gasteiger partial charge in [0.1, 0.15) is 0 Å². The SMILES string of the molecule is CCOC(=O)c1ccc(N2CCC(C(=O)Nc3c(Cl)cccc3-c3ccccc3)CC2)cc1. The number of para-hydroxylation sites is 1. The minimum Gasteiger partial charge on any atom is -0.462 e. The Bertz CT molecular complexity index is 1110. The summed E-state index contributed by atoms with van der Waals surface area (Å²) in [6, 6.07) is 23.0. The van der Waals surface area contributed by atoms with Crippen LogP contribution in [0.5, 0.6) is 0 Å². The molecule has 1 fully saturated rings. The fraction of sp³-hybridized carbons (Fsp3) is 0.259. The normalized spacial score (nSPS) is 14.1. The zero-order chi connectivity index (χ0) is 23.2. The van der Waals surface area contributed by atoms with Gasteiger partial charge in [0, 0.05) is 30.3 Å². The number of hydrogen-bond donors (Lipinski definition) is 1. The van der Waals surface area contributed by atoms with E-state index in [9.17, 15) is 9.59 Å². The van der Waals surface area contributed by atoms with E-state index in [2.05, 4.69) is 10.2 Å². The first-order valence-electron chi connectivity index (χ1n) is 11.2. The van der Waals surface area contributed by atoms with Gasteiger partial charge in [0.15, 0.2) is 0 Å². The lowest BCUT2D eigenvalue weighted by atomic mass is 9.94. The second-order valence-corrected chi connectivity index (χ2v) is 8.45. The van der Waals surface area contributed by atoms with Gasteiger partial charge in [-0.05, 0) is 55.7 Å². The van der Waals surface area contributed by atoms with Crippen LogP contribution in [-0.4, -0.2) is 31.6 Å². The summed E-state index contributed by atoms with van der Waals surface area (Å²) in [5, 5.41) is 3.62.